The molecule has 3 aromatic rings. The molecule has 2 aliphatic rings. The third-order valence-corrected chi connectivity index (χ3v) is 10.1. The lowest BCUT2D eigenvalue weighted by atomic mass is 9.80. The van der Waals surface area contributed by atoms with Gasteiger partial charge in [0.15, 0.2) is 11.3 Å². The van der Waals surface area contributed by atoms with Gasteiger partial charge in [-0.3, -0.25) is 14.5 Å². The summed E-state index contributed by atoms with van der Waals surface area (Å²) in [5.41, 5.74) is -1.67. The van der Waals surface area contributed by atoms with E-state index in [1.54, 1.807) is 25.1 Å². The number of methoxy groups -OCH3 is 2. The van der Waals surface area contributed by atoms with Gasteiger partial charge < -0.3 is 24.2 Å². The zero-order valence-corrected chi connectivity index (χ0v) is 27.4. The molecule has 2 amide bonds. The first-order valence-electron chi connectivity index (χ1n) is 14.1. The second kappa shape index (κ2) is 12.2. The van der Waals surface area contributed by atoms with E-state index in [9.17, 15) is 31.5 Å². The number of hydrogen-bond acceptors (Lipinski definition) is 9. The van der Waals surface area contributed by atoms with Crippen LogP contribution in [0.15, 0.2) is 59.5 Å². The summed E-state index contributed by atoms with van der Waals surface area (Å²) in [5, 5.41) is 11.0. The number of fused-ring (bicyclic) bond motifs is 1. The molecule has 1 unspecified atom stereocenters. The number of anilines is 1. The molecule has 2 aliphatic heterocycles. The van der Waals surface area contributed by atoms with Crippen molar-refractivity contribution in [2.75, 3.05) is 39.2 Å². The summed E-state index contributed by atoms with van der Waals surface area (Å²) in [7, 11) is 0.289. The molecule has 0 radical (unpaired) electrons. The van der Waals surface area contributed by atoms with Crippen molar-refractivity contribution in [2.45, 2.75) is 42.3 Å². The number of ether oxygens (including phenoxy) is 3. The van der Waals surface area contributed by atoms with Crippen LogP contribution in [0.1, 0.15) is 23.1 Å². The highest BCUT2D eigenvalue weighted by molar-refractivity contribution is 7.93. The molecule has 0 bridgehead atoms. The van der Waals surface area contributed by atoms with Gasteiger partial charge in [-0.2, -0.15) is 0 Å². The van der Waals surface area contributed by atoms with Crippen molar-refractivity contribution >= 4 is 39.1 Å². The van der Waals surface area contributed by atoms with Crippen molar-refractivity contribution in [3.8, 4) is 17.2 Å². The number of likely N-dealkylation sites (N-methyl/N-ethyl adjacent to an activating group) is 1. The van der Waals surface area contributed by atoms with Gasteiger partial charge in [-0.25, -0.2) is 12.7 Å². The largest absolute Gasteiger partial charge is 0.573 e. The minimum absolute atomic E-state index is 0.0000625. The predicted octanol–water partition coefficient (Wildman–Crippen LogP) is 4.07. The van der Waals surface area contributed by atoms with Gasteiger partial charge >= 0.3 is 6.36 Å². The van der Waals surface area contributed by atoms with Crippen molar-refractivity contribution in [1.82, 2.24) is 9.80 Å². The number of nitrogens with zero attached hydrogens (tertiary/aromatic N) is 3. The van der Waals surface area contributed by atoms with E-state index in [2.05, 4.69) is 4.74 Å². The van der Waals surface area contributed by atoms with E-state index >= 15 is 4.79 Å². The third kappa shape index (κ3) is 5.75. The number of hydrogen-bond donors (Lipinski definition) is 1. The van der Waals surface area contributed by atoms with Gasteiger partial charge in [0.1, 0.15) is 16.4 Å². The molecule has 0 aromatic heterocycles. The Balaban J connectivity index is 1.87. The molecule has 1 fully saturated rings. The normalized spacial score (nSPS) is 21.5. The number of halogens is 4. The number of carbonyl (C=O) groups is 2. The van der Waals surface area contributed by atoms with Gasteiger partial charge in [0.05, 0.1) is 32.1 Å². The molecule has 1 N–H and O–H groups in total. The minimum Gasteiger partial charge on any atom is -0.497 e. The fraction of sp³-hybridized carbons (Fsp3) is 0.355. The molecular formula is C31H31ClF3N3O8S. The lowest BCUT2D eigenvalue weighted by Crippen LogP contribution is -2.59. The first-order valence-corrected chi connectivity index (χ1v) is 15.9. The van der Waals surface area contributed by atoms with Crippen LogP contribution in [0.4, 0.5) is 18.9 Å². The molecule has 47 heavy (non-hydrogen) atoms. The van der Waals surface area contributed by atoms with Crippen molar-refractivity contribution in [2.24, 2.45) is 0 Å². The number of aliphatic hydroxyl groups excluding tert-OH is 1. The van der Waals surface area contributed by atoms with Crippen molar-refractivity contribution in [3.05, 3.63) is 76.3 Å². The number of amides is 2. The maximum atomic E-state index is 15.3. The standard InChI is InChI=1S/C31H31ClF3N3O8S/c1-17-6-10-25(45-5)22(12-17)30(37-16-19(39)14-24(37)28(40)36(2)3)21-13-18(32)7-9-23(21)38(29(30)41)47(42,43)27-11-8-20(44-4)15-26(27)46-31(33,34)35/h6-13,15,19,24,39H,14,16H2,1-5H3/t19-,24+,30?/m0/s1. The maximum absolute atomic E-state index is 15.3. The van der Waals surface area contributed by atoms with Gasteiger partial charge in [0.2, 0.25) is 5.91 Å². The minimum atomic E-state index is -5.30. The number of carbonyl (C=O) groups excluding carboxylic acids is 2. The Morgan fingerprint density at radius 3 is 2.34 bits per heavy atom. The van der Waals surface area contributed by atoms with Crippen LogP contribution in [0, 0.1) is 6.92 Å². The van der Waals surface area contributed by atoms with Crippen LogP contribution in [-0.4, -0.2) is 88.5 Å². The monoisotopic (exact) mass is 697 g/mol. The van der Waals surface area contributed by atoms with Crippen LogP contribution in [0.5, 0.6) is 17.2 Å². The van der Waals surface area contributed by atoms with Crippen LogP contribution in [0.25, 0.3) is 0 Å². The second-order valence-corrected chi connectivity index (χ2v) is 13.5. The molecule has 11 nitrogen and oxygen atoms in total. The lowest BCUT2D eigenvalue weighted by molar-refractivity contribution is -0.275. The Morgan fingerprint density at radius 1 is 1.02 bits per heavy atom. The van der Waals surface area contributed by atoms with E-state index in [-0.39, 0.29) is 46.3 Å². The number of sulfonamides is 1. The summed E-state index contributed by atoms with van der Waals surface area (Å²) >= 11 is 6.47. The number of aryl methyl sites for hydroxylation is 1. The topological polar surface area (TPSA) is 126 Å². The SMILES string of the molecule is COc1ccc(S(=O)(=O)N2C(=O)C(c3cc(C)ccc3OC)(N3C[C@@H](O)C[C@@H]3C(=O)N(C)C)c3cc(Cl)ccc32)c(OC(F)(F)F)c1. The molecule has 1 saturated heterocycles. The highest BCUT2D eigenvalue weighted by atomic mass is 35.5. The summed E-state index contributed by atoms with van der Waals surface area (Å²) in [6.07, 6.45) is -6.53. The molecule has 16 heteroatoms. The average molecular weight is 698 g/mol. The third-order valence-electron chi connectivity index (χ3n) is 8.14. The number of rotatable bonds is 8. The first-order chi connectivity index (χ1) is 22.0. The van der Waals surface area contributed by atoms with Crippen molar-refractivity contribution in [3.63, 3.8) is 0 Å². The van der Waals surface area contributed by atoms with E-state index < -0.39 is 56.5 Å². The molecular weight excluding hydrogens is 667 g/mol. The van der Waals surface area contributed by atoms with E-state index in [1.807, 2.05) is 0 Å². The summed E-state index contributed by atoms with van der Waals surface area (Å²) in [6, 6.07) is 10.3. The quantitative estimate of drug-likeness (QED) is 0.371. The number of aliphatic hydroxyl groups is 1. The number of likely N-dealkylation sites (tertiary alicyclic amines) is 1. The molecule has 3 atom stereocenters. The molecule has 252 valence electrons. The van der Waals surface area contributed by atoms with E-state index in [1.165, 1.54) is 56.3 Å². The number of alkyl halides is 3. The molecule has 0 aliphatic carbocycles. The second-order valence-electron chi connectivity index (χ2n) is 11.3. The van der Waals surface area contributed by atoms with Crippen molar-refractivity contribution < 1.29 is 50.5 Å². The van der Waals surface area contributed by atoms with Gasteiger partial charge in [0.25, 0.3) is 15.9 Å². The Labute approximate surface area is 274 Å². The van der Waals surface area contributed by atoms with Gasteiger partial charge in [-0.15, -0.1) is 13.2 Å². The summed E-state index contributed by atoms with van der Waals surface area (Å²) in [4.78, 5) is 30.6. The smallest absolute Gasteiger partial charge is 0.497 e. The zero-order valence-electron chi connectivity index (χ0n) is 25.8. The van der Waals surface area contributed by atoms with E-state index in [0.29, 0.717) is 9.87 Å². The highest BCUT2D eigenvalue weighted by Crippen LogP contribution is 2.55. The van der Waals surface area contributed by atoms with Crippen LogP contribution in [-0.2, 0) is 25.2 Å². The van der Waals surface area contributed by atoms with Crippen LogP contribution >= 0.6 is 11.6 Å². The van der Waals surface area contributed by atoms with Crippen molar-refractivity contribution in [1.29, 1.82) is 0 Å². The van der Waals surface area contributed by atoms with Crippen LogP contribution in [0.3, 0.4) is 0 Å². The Bertz CT molecular complexity index is 1860. The Hall–Kier alpha value is -4.05. The average Bonchev–Trinajstić information content (AvgIpc) is 3.50. The molecule has 0 spiro atoms. The van der Waals surface area contributed by atoms with E-state index in [0.717, 1.165) is 18.2 Å². The Kier molecular flexibility index (Phi) is 8.90. The van der Waals surface area contributed by atoms with Gasteiger partial charge in [-0.1, -0.05) is 23.2 Å². The predicted molar refractivity (Wildman–Crippen MR) is 164 cm³/mol. The fourth-order valence-electron chi connectivity index (χ4n) is 6.23. The summed E-state index contributed by atoms with van der Waals surface area (Å²) < 4.78 is 84.9. The number of β-amino-alcohol motifs (C(OH)–C–C–N with tert-alkyl or cyclic N) is 1. The summed E-state index contributed by atoms with van der Waals surface area (Å²) in [6.45, 7) is 1.46. The van der Waals surface area contributed by atoms with Gasteiger partial charge in [-0.05, 0) is 55.8 Å². The molecule has 0 saturated carbocycles. The number of benzene rings is 3. The van der Waals surface area contributed by atoms with Crippen LogP contribution < -0.4 is 18.5 Å². The Morgan fingerprint density at radius 2 is 1.72 bits per heavy atom. The maximum Gasteiger partial charge on any atom is 0.573 e. The molecule has 5 rings (SSSR count). The molecule has 2 heterocycles. The summed E-state index contributed by atoms with van der Waals surface area (Å²) in [5.74, 6) is -2.79. The first kappa shape index (κ1) is 34.3. The highest BCUT2D eigenvalue weighted by Gasteiger charge is 2.64. The zero-order chi connectivity index (χ0) is 34.6. The van der Waals surface area contributed by atoms with Gasteiger partial charge in [0, 0.05) is 42.9 Å². The van der Waals surface area contributed by atoms with Crippen LogP contribution in [0.2, 0.25) is 5.02 Å². The lowest BCUT2D eigenvalue weighted by Gasteiger charge is -2.42. The van der Waals surface area contributed by atoms with E-state index in [4.69, 9.17) is 21.1 Å². The molecule has 3 aromatic carbocycles. The fourth-order valence-corrected chi connectivity index (χ4v) is 7.96.